The van der Waals surface area contributed by atoms with Crippen LogP contribution < -0.4 is 0 Å². The first-order chi connectivity index (χ1) is 8.09. The van der Waals surface area contributed by atoms with Gasteiger partial charge in [0.2, 0.25) is 0 Å². The second kappa shape index (κ2) is 4.37. The van der Waals surface area contributed by atoms with E-state index in [2.05, 4.69) is 0 Å². The molecule has 0 heterocycles. The average Bonchev–Trinajstić information content (AvgIpc) is 2.30. The van der Waals surface area contributed by atoms with Crippen LogP contribution in [0.5, 0.6) is 0 Å². The number of aryl methyl sites for hydroxylation is 1. The van der Waals surface area contributed by atoms with Crippen molar-refractivity contribution in [1.29, 1.82) is 0 Å². The third-order valence-electron chi connectivity index (χ3n) is 2.59. The minimum absolute atomic E-state index is 0.303. The van der Waals surface area contributed by atoms with Crippen LogP contribution in [0.1, 0.15) is 15.9 Å². The third kappa shape index (κ3) is 2.18. The van der Waals surface area contributed by atoms with Crippen LogP contribution in [-0.2, 0) is 0 Å². The van der Waals surface area contributed by atoms with Crippen LogP contribution in [0.3, 0.4) is 0 Å². The molecule has 0 saturated heterocycles. The molecule has 86 valence electrons. The highest BCUT2D eigenvalue weighted by Crippen LogP contribution is 2.25. The van der Waals surface area contributed by atoms with Gasteiger partial charge in [-0.25, -0.2) is 9.18 Å². The molecule has 0 aliphatic carbocycles. The fraction of sp³-hybridized carbons (Fsp3) is 0.0714. The minimum atomic E-state index is -1.25. The first kappa shape index (κ1) is 11.3. The highest BCUT2D eigenvalue weighted by atomic mass is 19.1. The summed E-state index contributed by atoms with van der Waals surface area (Å²) in [7, 11) is 0. The first-order valence-corrected chi connectivity index (χ1v) is 5.18. The number of carbonyl (C=O) groups is 1. The summed E-state index contributed by atoms with van der Waals surface area (Å²) in [4.78, 5) is 10.8. The summed E-state index contributed by atoms with van der Waals surface area (Å²) >= 11 is 0. The molecule has 1 N–H and O–H groups in total. The van der Waals surface area contributed by atoms with E-state index < -0.39 is 11.8 Å². The molecule has 17 heavy (non-hydrogen) atoms. The Morgan fingerprint density at radius 3 is 2.35 bits per heavy atom. The Balaban J connectivity index is 2.56. The molecule has 0 amide bonds. The molecule has 0 radical (unpaired) electrons. The summed E-state index contributed by atoms with van der Waals surface area (Å²) in [5, 5.41) is 8.84. The number of rotatable bonds is 2. The molecule has 0 aliphatic rings. The van der Waals surface area contributed by atoms with Gasteiger partial charge < -0.3 is 5.11 Å². The highest BCUT2D eigenvalue weighted by Gasteiger charge is 2.14. The van der Waals surface area contributed by atoms with Gasteiger partial charge in [0.25, 0.3) is 0 Å². The van der Waals surface area contributed by atoms with E-state index in [1.165, 1.54) is 6.07 Å². The van der Waals surface area contributed by atoms with E-state index in [0.29, 0.717) is 11.1 Å². The van der Waals surface area contributed by atoms with Crippen LogP contribution in [0.2, 0.25) is 0 Å². The Labute approximate surface area is 98.3 Å². The molecule has 0 spiro atoms. The Hall–Kier alpha value is -2.16. The highest BCUT2D eigenvalue weighted by molar-refractivity contribution is 5.90. The SMILES string of the molecule is Cc1ccc(-c2cccc(C(=O)O)c2F)cc1. The zero-order chi connectivity index (χ0) is 12.4. The fourth-order valence-corrected chi connectivity index (χ4v) is 1.65. The van der Waals surface area contributed by atoms with Gasteiger partial charge in [-0.05, 0) is 18.6 Å². The normalized spacial score (nSPS) is 10.2. The molecule has 0 aliphatic heterocycles. The van der Waals surface area contributed by atoms with Crippen molar-refractivity contribution in [3.8, 4) is 11.1 Å². The summed E-state index contributed by atoms with van der Waals surface area (Å²) in [5.41, 5.74) is 1.76. The molecule has 0 bridgehead atoms. The van der Waals surface area contributed by atoms with Crippen LogP contribution in [0.15, 0.2) is 42.5 Å². The molecule has 0 atom stereocenters. The Morgan fingerprint density at radius 2 is 1.76 bits per heavy atom. The molecule has 3 heteroatoms. The fourth-order valence-electron chi connectivity index (χ4n) is 1.65. The van der Waals surface area contributed by atoms with Gasteiger partial charge in [0.15, 0.2) is 0 Å². The summed E-state index contributed by atoms with van der Waals surface area (Å²) in [6, 6.07) is 11.7. The van der Waals surface area contributed by atoms with Gasteiger partial charge in [-0.1, -0.05) is 42.0 Å². The molecule has 2 aromatic rings. The van der Waals surface area contributed by atoms with E-state index in [0.717, 1.165) is 5.56 Å². The molecule has 2 rings (SSSR count). The van der Waals surface area contributed by atoms with Crippen LogP contribution in [0, 0.1) is 12.7 Å². The predicted molar refractivity (Wildman–Crippen MR) is 63.5 cm³/mol. The van der Waals surface area contributed by atoms with Crippen LogP contribution in [0.4, 0.5) is 4.39 Å². The molecule has 0 unspecified atom stereocenters. The van der Waals surface area contributed by atoms with Crippen molar-refractivity contribution in [2.45, 2.75) is 6.92 Å². The standard InChI is InChI=1S/C14H11FO2/c1-9-5-7-10(8-6-9)11-3-2-4-12(13(11)15)14(16)17/h2-8H,1H3,(H,16,17). The van der Waals surface area contributed by atoms with Crippen molar-refractivity contribution in [3.63, 3.8) is 0 Å². The second-order valence-corrected chi connectivity index (χ2v) is 3.84. The van der Waals surface area contributed by atoms with E-state index in [1.807, 2.05) is 19.1 Å². The maximum absolute atomic E-state index is 13.9. The summed E-state index contributed by atoms with van der Waals surface area (Å²) < 4.78 is 13.9. The zero-order valence-corrected chi connectivity index (χ0v) is 9.27. The molecule has 0 fully saturated rings. The van der Waals surface area contributed by atoms with Crippen LogP contribution in [-0.4, -0.2) is 11.1 Å². The lowest BCUT2D eigenvalue weighted by Crippen LogP contribution is -2.01. The Morgan fingerprint density at radius 1 is 1.12 bits per heavy atom. The van der Waals surface area contributed by atoms with Crippen molar-refractivity contribution >= 4 is 5.97 Å². The van der Waals surface area contributed by atoms with Crippen LogP contribution in [0.25, 0.3) is 11.1 Å². The zero-order valence-electron chi connectivity index (χ0n) is 9.27. The van der Waals surface area contributed by atoms with E-state index in [-0.39, 0.29) is 5.56 Å². The molecule has 0 aromatic heterocycles. The lowest BCUT2D eigenvalue weighted by atomic mass is 10.0. The number of carboxylic acid groups (broad SMARTS) is 1. The maximum atomic E-state index is 13.9. The minimum Gasteiger partial charge on any atom is -0.478 e. The third-order valence-corrected chi connectivity index (χ3v) is 2.59. The van der Waals surface area contributed by atoms with Gasteiger partial charge in [-0.2, -0.15) is 0 Å². The van der Waals surface area contributed by atoms with Gasteiger partial charge in [0.1, 0.15) is 5.82 Å². The molecule has 2 nitrogen and oxygen atoms in total. The molecule has 0 saturated carbocycles. The average molecular weight is 230 g/mol. The second-order valence-electron chi connectivity index (χ2n) is 3.84. The Kier molecular flexibility index (Phi) is 2.91. The van der Waals surface area contributed by atoms with E-state index in [9.17, 15) is 9.18 Å². The van der Waals surface area contributed by atoms with Crippen molar-refractivity contribution in [3.05, 3.63) is 59.4 Å². The summed E-state index contributed by atoms with van der Waals surface area (Å²) in [5.74, 6) is -1.94. The molecule has 2 aromatic carbocycles. The number of hydrogen-bond acceptors (Lipinski definition) is 1. The largest absolute Gasteiger partial charge is 0.478 e. The maximum Gasteiger partial charge on any atom is 0.338 e. The van der Waals surface area contributed by atoms with Gasteiger partial charge in [-0.3, -0.25) is 0 Å². The first-order valence-electron chi connectivity index (χ1n) is 5.18. The molecular weight excluding hydrogens is 219 g/mol. The number of aromatic carboxylic acids is 1. The van der Waals surface area contributed by atoms with Crippen molar-refractivity contribution in [1.82, 2.24) is 0 Å². The smallest absolute Gasteiger partial charge is 0.338 e. The number of benzene rings is 2. The van der Waals surface area contributed by atoms with E-state index in [4.69, 9.17) is 5.11 Å². The van der Waals surface area contributed by atoms with Gasteiger partial charge in [0, 0.05) is 5.56 Å². The van der Waals surface area contributed by atoms with Crippen molar-refractivity contribution in [2.24, 2.45) is 0 Å². The monoisotopic (exact) mass is 230 g/mol. The topological polar surface area (TPSA) is 37.3 Å². The van der Waals surface area contributed by atoms with E-state index >= 15 is 0 Å². The van der Waals surface area contributed by atoms with Gasteiger partial charge in [0.05, 0.1) is 5.56 Å². The number of carboxylic acids is 1. The quantitative estimate of drug-likeness (QED) is 0.857. The van der Waals surface area contributed by atoms with Gasteiger partial charge in [-0.15, -0.1) is 0 Å². The lowest BCUT2D eigenvalue weighted by Gasteiger charge is -2.06. The predicted octanol–water partition coefficient (Wildman–Crippen LogP) is 3.50. The summed E-state index contributed by atoms with van der Waals surface area (Å²) in [6.45, 7) is 1.94. The molecular formula is C14H11FO2. The lowest BCUT2D eigenvalue weighted by molar-refractivity contribution is 0.0692. The van der Waals surface area contributed by atoms with Crippen LogP contribution >= 0.6 is 0 Å². The Bertz CT molecular complexity index is 559. The van der Waals surface area contributed by atoms with Crippen molar-refractivity contribution in [2.75, 3.05) is 0 Å². The van der Waals surface area contributed by atoms with E-state index in [1.54, 1.807) is 24.3 Å². The summed E-state index contributed by atoms with van der Waals surface area (Å²) in [6.07, 6.45) is 0. The van der Waals surface area contributed by atoms with Gasteiger partial charge >= 0.3 is 5.97 Å². The van der Waals surface area contributed by atoms with Crippen molar-refractivity contribution < 1.29 is 14.3 Å². The number of halogens is 1. The number of hydrogen-bond donors (Lipinski definition) is 1.